The summed E-state index contributed by atoms with van der Waals surface area (Å²) >= 11 is 0. The molecule has 1 aliphatic heterocycles. The number of aryl methyl sites for hydroxylation is 1. The van der Waals surface area contributed by atoms with Crippen molar-refractivity contribution in [2.45, 2.75) is 57.1 Å². The molecule has 19 heavy (non-hydrogen) atoms. The smallest absolute Gasteiger partial charge is 0.0591 e. The Bertz CT molecular complexity index is 415. The van der Waals surface area contributed by atoms with Gasteiger partial charge in [0, 0.05) is 30.5 Å². The highest BCUT2D eigenvalue weighted by atomic mass is 16.5. The maximum atomic E-state index is 5.82. The number of ether oxygens (including phenoxy) is 1. The van der Waals surface area contributed by atoms with Crippen molar-refractivity contribution in [1.29, 1.82) is 0 Å². The highest BCUT2D eigenvalue weighted by Gasteiger charge is 2.32. The van der Waals surface area contributed by atoms with Crippen LogP contribution in [0.3, 0.4) is 0 Å². The van der Waals surface area contributed by atoms with E-state index in [2.05, 4.69) is 29.4 Å². The van der Waals surface area contributed by atoms with Gasteiger partial charge in [0.2, 0.25) is 0 Å². The van der Waals surface area contributed by atoms with Gasteiger partial charge in [0.05, 0.1) is 6.10 Å². The minimum absolute atomic E-state index is 0.455. The van der Waals surface area contributed by atoms with Crippen LogP contribution in [0.1, 0.15) is 49.8 Å². The number of fused-ring (bicyclic) bond motifs is 1. The zero-order valence-electron chi connectivity index (χ0n) is 11.8. The summed E-state index contributed by atoms with van der Waals surface area (Å²) in [6.45, 7) is 4.16. The second-order valence-corrected chi connectivity index (χ2v) is 5.73. The number of hydrogen-bond donors (Lipinski definition) is 1. The average Bonchev–Trinajstić information content (AvgIpc) is 3.07. The molecule has 1 aromatic rings. The maximum Gasteiger partial charge on any atom is 0.0591 e. The Balaban J connectivity index is 1.73. The number of rotatable bonds is 5. The van der Waals surface area contributed by atoms with Gasteiger partial charge in [-0.25, -0.2) is 0 Å². The summed E-state index contributed by atoms with van der Waals surface area (Å²) in [5, 5.41) is 3.67. The fraction of sp³-hybridized carbons (Fsp3) is 0.688. The number of aromatic nitrogens is 1. The van der Waals surface area contributed by atoms with E-state index < -0.39 is 0 Å². The lowest BCUT2D eigenvalue weighted by molar-refractivity contribution is 0.0913. The molecule has 2 heterocycles. The second kappa shape index (κ2) is 6.02. The number of pyridine rings is 1. The normalized spacial score (nSPS) is 27.4. The molecule has 0 radical (unpaired) electrons. The van der Waals surface area contributed by atoms with E-state index in [9.17, 15) is 0 Å². The Kier molecular flexibility index (Phi) is 4.14. The van der Waals surface area contributed by atoms with Crippen molar-refractivity contribution in [1.82, 2.24) is 10.3 Å². The second-order valence-electron chi connectivity index (χ2n) is 5.73. The highest BCUT2D eigenvalue weighted by Crippen LogP contribution is 2.36. The molecule has 1 N–H and O–H groups in total. The third-order valence-electron chi connectivity index (χ3n) is 4.49. The zero-order valence-corrected chi connectivity index (χ0v) is 11.8. The van der Waals surface area contributed by atoms with Crippen LogP contribution in [0.15, 0.2) is 18.3 Å². The van der Waals surface area contributed by atoms with E-state index in [1.807, 2.05) is 6.20 Å². The van der Waals surface area contributed by atoms with E-state index in [-0.39, 0.29) is 0 Å². The van der Waals surface area contributed by atoms with Crippen molar-refractivity contribution in [3.8, 4) is 0 Å². The Labute approximate surface area is 115 Å². The lowest BCUT2D eigenvalue weighted by Crippen LogP contribution is -2.37. The van der Waals surface area contributed by atoms with Gasteiger partial charge in [-0.3, -0.25) is 4.98 Å². The highest BCUT2D eigenvalue weighted by molar-refractivity contribution is 5.30. The van der Waals surface area contributed by atoms with Crippen molar-refractivity contribution < 1.29 is 4.74 Å². The molecule has 2 aliphatic rings. The molecule has 0 spiro atoms. The molecular formula is C16H24N2O. The fourth-order valence-electron chi connectivity index (χ4n) is 3.60. The molecule has 3 nitrogen and oxygen atoms in total. The minimum atomic E-state index is 0.455. The van der Waals surface area contributed by atoms with Crippen LogP contribution in [0.2, 0.25) is 0 Å². The standard InChI is InChI=1S/C16H24N2O/c1-2-17-15(11-13-6-4-10-19-13)14-8-7-12-5-3-9-18-16(12)14/h3,5,9,13-15,17H,2,4,6-8,10-11H2,1H3. The fourth-order valence-corrected chi connectivity index (χ4v) is 3.60. The summed E-state index contributed by atoms with van der Waals surface area (Å²) in [7, 11) is 0. The summed E-state index contributed by atoms with van der Waals surface area (Å²) in [5.41, 5.74) is 2.77. The van der Waals surface area contributed by atoms with Gasteiger partial charge in [0.25, 0.3) is 0 Å². The van der Waals surface area contributed by atoms with Gasteiger partial charge in [0.15, 0.2) is 0 Å². The van der Waals surface area contributed by atoms with E-state index in [0.29, 0.717) is 18.1 Å². The van der Waals surface area contributed by atoms with Crippen LogP contribution in [-0.2, 0) is 11.2 Å². The first-order valence-corrected chi connectivity index (χ1v) is 7.67. The molecule has 1 aliphatic carbocycles. The predicted molar refractivity (Wildman–Crippen MR) is 76.4 cm³/mol. The molecule has 1 saturated heterocycles. The number of hydrogen-bond acceptors (Lipinski definition) is 3. The van der Waals surface area contributed by atoms with Gasteiger partial charge in [0.1, 0.15) is 0 Å². The van der Waals surface area contributed by atoms with Gasteiger partial charge >= 0.3 is 0 Å². The first kappa shape index (κ1) is 13.1. The summed E-state index contributed by atoms with van der Waals surface area (Å²) < 4.78 is 5.82. The number of nitrogens with zero attached hydrogens (tertiary/aromatic N) is 1. The van der Waals surface area contributed by atoms with E-state index in [4.69, 9.17) is 4.74 Å². The third kappa shape index (κ3) is 2.82. The van der Waals surface area contributed by atoms with Crippen molar-refractivity contribution in [3.63, 3.8) is 0 Å². The molecule has 0 aromatic carbocycles. The third-order valence-corrected chi connectivity index (χ3v) is 4.49. The van der Waals surface area contributed by atoms with Crippen LogP contribution in [0, 0.1) is 0 Å². The summed E-state index contributed by atoms with van der Waals surface area (Å²) in [4.78, 5) is 4.64. The zero-order chi connectivity index (χ0) is 13.1. The molecular weight excluding hydrogens is 236 g/mol. The Morgan fingerprint density at radius 3 is 3.21 bits per heavy atom. The molecule has 3 atom stereocenters. The molecule has 104 valence electrons. The summed E-state index contributed by atoms with van der Waals surface area (Å²) in [5.74, 6) is 0.570. The molecule has 1 aromatic heterocycles. The van der Waals surface area contributed by atoms with E-state index in [1.54, 1.807) is 0 Å². The van der Waals surface area contributed by atoms with Crippen LogP contribution in [-0.4, -0.2) is 30.3 Å². The number of nitrogens with one attached hydrogen (secondary N) is 1. The quantitative estimate of drug-likeness (QED) is 0.884. The molecule has 3 heteroatoms. The Morgan fingerprint density at radius 1 is 1.47 bits per heavy atom. The van der Waals surface area contributed by atoms with Crippen molar-refractivity contribution >= 4 is 0 Å². The Morgan fingerprint density at radius 2 is 2.42 bits per heavy atom. The van der Waals surface area contributed by atoms with Crippen molar-refractivity contribution in [2.24, 2.45) is 0 Å². The van der Waals surface area contributed by atoms with Crippen LogP contribution in [0.25, 0.3) is 0 Å². The van der Waals surface area contributed by atoms with E-state index >= 15 is 0 Å². The predicted octanol–water partition coefficient (Wildman–Crippen LogP) is 2.66. The average molecular weight is 260 g/mol. The van der Waals surface area contributed by atoms with Gasteiger partial charge in [-0.15, -0.1) is 0 Å². The summed E-state index contributed by atoms with van der Waals surface area (Å²) in [6, 6.07) is 4.81. The van der Waals surface area contributed by atoms with E-state index in [1.165, 1.54) is 36.9 Å². The van der Waals surface area contributed by atoms with Gasteiger partial charge < -0.3 is 10.1 Å². The molecule has 3 rings (SSSR count). The molecule has 0 saturated carbocycles. The van der Waals surface area contributed by atoms with Crippen LogP contribution in [0.4, 0.5) is 0 Å². The molecule has 3 unspecified atom stereocenters. The first-order chi connectivity index (χ1) is 9.38. The van der Waals surface area contributed by atoms with Gasteiger partial charge in [-0.1, -0.05) is 13.0 Å². The monoisotopic (exact) mass is 260 g/mol. The molecule has 1 fully saturated rings. The number of likely N-dealkylation sites (N-methyl/N-ethyl adjacent to an activating group) is 1. The SMILES string of the molecule is CCNC(CC1CCCO1)C1CCc2cccnc21. The largest absolute Gasteiger partial charge is 0.378 e. The van der Waals surface area contributed by atoms with Crippen molar-refractivity contribution in [2.75, 3.05) is 13.2 Å². The minimum Gasteiger partial charge on any atom is -0.378 e. The van der Waals surface area contributed by atoms with Gasteiger partial charge in [-0.05, 0) is 50.3 Å². The lowest BCUT2D eigenvalue weighted by Gasteiger charge is -2.27. The molecule has 0 amide bonds. The van der Waals surface area contributed by atoms with E-state index in [0.717, 1.165) is 19.6 Å². The van der Waals surface area contributed by atoms with Gasteiger partial charge in [-0.2, -0.15) is 0 Å². The van der Waals surface area contributed by atoms with Crippen LogP contribution in [0.5, 0.6) is 0 Å². The topological polar surface area (TPSA) is 34.1 Å². The van der Waals surface area contributed by atoms with Crippen LogP contribution >= 0.6 is 0 Å². The summed E-state index contributed by atoms with van der Waals surface area (Å²) in [6.07, 6.45) is 8.39. The van der Waals surface area contributed by atoms with Crippen LogP contribution < -0.4 is 5.32 Å². The van der Waals surface area contributed by atoms with Crippen molar-refractivity contribution in [3.05, 3.63) is 29.6 Å². The maximum absolute atomic E-state index is 5.82. The lowest BCUT2D eigenvalue weighted by atomic mass is 9.91. The molecule has 0 bridgehead atoms. The first-order valence-electron chi connectivity index (χ1n) is 7.67. The Hall–Kier alpha value is -0.930.